The Morgan fingerprint density at radius 2 is 1.83 bits per heavy atom. The molecule has 2 aromatic heterocycles. The van der Waals surface area contributed by atoms with E-state index in [1.54, 1.807) is 13.3 Å². The van der Waals surface area contributed by atoms with Crippen molar-refractivity contribution >= 4 is 16.9 Å². The highest BCUT2D eigenvalue weighted by Gasteiger charge is 2.20. The minimum atomic E-state index is -0.555. The van der Waals surface area contributed by atoms with E-state index in [2.05, 4.69) is 22.4 Å². The van der Waals surface area contributed by atoms with Gasteiger partial charge in [0.1, 0.15) is 22.9 Å². The Morgan fingerprint density at radius 1 is 1.03 bits per heavy atom. The summed E-state index contributed by atoms with van der Waals surface area (Å²) < 4.78 is 16.9. The molecule has 0 aliphatic carbocycles. The fourth-order valence-electron chi connectivity index (χ4n) is 3.97. The van der Waals surface area contributed by atoms with Crippen LogP contribution in [0, 0.1) is 0 Å². The van der Waals surface area contributed by atoms with Crippen molar-refractivity contribution in [1.82, 2.24) is 10.3 Å². The average Bonchev–Trinajstić information content (AvgIpc) is 3.30. The van der Waals surface area contributed by atoms with Crippen molar-refractivity contribution in [3.8, 4) is 17.1 Å². The van der Waals surface area contributed by atoms with Crippen molar-refractivity contribution in [3.05, 3.63) is 84.4 Å². The van der Waals surface area contributed by atoms with Gasteiger partial charge in [-0.2, -0.15) is 0 Å². The van der Waals surface area contributed by atoms with Gasteiger partial charge in [-0.05, 0) is 81.0 Å². The van der Waals surface area contributed by atoms with Crippen molar-refractivity contribution in [2.75, 3.05) is 7.11 Å². The molecule has 6 heteroatoms. The van der Waals surface area contributed by atoms with Crippen LogP contribution in [0.1, 0.15) is 38.5 Å². The molecule has 35 heavy (non-hydrogen) atoms. The number of hydrogen-bond donors (Lipinski definition) is 1. The van der Waals surface area contributed by atoms with Gasteiger partial charge in [0.15, 0.2) is 0 Å². The minimum Gasteiger partial charge on any atom is -0.497 e. The van der Waals surface area contributed by atoms with Crippen LogP contribution in [0.2, 0.25) is 0 Å². The monoisotopic (exact) mass is 472 g/mol. The number of aromatic nitrogens is 1. The number of alkyl carbamates (subject to hydrolysis) is 1. The van der Waals surface area contributed by atoms with Crippen LogP contribution in [0.4, 0.5) is 4.79 Å². The Hall–Kier alpha value is -3.80. The predicted octanol–water partition coefficient (Wildman–Crippen LogP) is 6.57. The van der Waals surface area contributed by atoms with Crippen LogP contribution >= 0.6 is 0 Å². The first kappa shape index (κ1) is 24.3. The standard InChI is InChI=1S/C29H32N2O4/c1-29(2,3)35-28(32)31-24(17-20-5-10-25(33-4)11-6-20)9-12-26-13-14-27(34-26)22-7-8-23-19-30-16-15-21(23)18-22/h5-8,10-11,13-16,18-19,24H,9,12,17H2,1-4H3,(H,31,32)/t24-/m1/s1. The first-order chi connectivity index (χ1) is 16.8. The van der Waals surface area contributed by atoms with Gasteiger partial charge in [0.2, 0.25) is 0 Å². The predicted molar refractivity (Wildman–Crippen MR) is 138 cm³/mol. The van der Waals surface area contributed by atoms with Gasteiger partial charge in [0.05, 0.1) is 7.11 Å². The number of nitrogens with one attached hydrogen (secondary N) is 1. The maximum Gasteiger partial charge on any atom is 0.407 e. The molecule has 0 aliphatic rings. The van der Waals surface area contributed by atoms with Gasteiger partial charge >= 0.3 is 6.09 Å². The number of pyridine rings is 1. The van der Waals surface area contributed by atoms with Crippen LogP contribution in [-0.2, 0) is 17.6 Å². The van der Waals surface area contributed by atoms with Crippen molar-refractivity contribution < 1.29 is 18.7 Å². The zero-order valence-corrected chi connectivity index (χ0v) is 20.7. The topological polar surface area (TPSA) is 73.6 Å². The van der Waals surface area contributed by atoms with E-state index in [1.165, 1.54) is 0 Å². The molecule has 4 aromatic rings. The number of carbonyl (C=O) groups excluding carboxylic acids is 1. The number of fused-ring (bicyclic) bond motifs is 1. The highest BCUT2D eigenvalue weighted by atomic mass is 16.6. The third-order valence-electron chi connectivity index (χ3n) is 5.69. The summed E-state index contributed by atoms with van der Waals surface area (Å²) in [7, 11) is 1.65. The average molecular weight is 473 g/mol. The summed E-state index contributed by atoms with van der Waals surface area (Å²) in [6, 6.07) is 20.0. The number of furan rings is 1. The first-order valence-electron chi connectivity index (χ1n) is 11.8. The molecule has 0 bridgehead atoms. The summed E-state index contributed by atoms with van der Waals surface area (Å²) >= 11 is 0. The molecule has 0 aliphatic heterocycles. The van der Waals surface area contributed by atoms with Crippen molar-refractivity contribution in [1.29, 1.82) is 0 Å². The second-order valence-electron chi connectivity index (χ2n) is 9.64. The number of nitrogens with zero attached hydrogens (tertiary/aromatic N) is 1. The zero-order valence-electron chi connectivity index (χ0n) is 20.7. The summed E-state index contributed by atoms with van der Waals surface area (Å²) in [5.74, 6) is 2.50. The SMILES string of the molecule is COc1ccc(C[C@@H](CCc2ccc(-c3ccc4cnccc4c3)o2)NC(=O)OC(C)(C)C)cc1. The molecule has 0 saturated carbocycles. The molecule has 1 atom stereocenters. The van der Waals surface area contributed by atoms with Crippen LogP contribution < -0.4 is 10.1 Å². The summed E-state index contributed by atoms with van der Waals surface area (Å²) in [5, 5.41) is 5.26. The van der Waals surface area contributed by atoms with Crippen LogP contribution in [0.25, 0.3) is 22.1 Å². The molecular formula is C29H32N2O4. The van der Waals surface area contributed by atoms with Gasteiger partial charge < -0.3 is 19.2 Å². The van der Waals surface area contributed by atoms with Gasteiger partial charge in [-0.25, -0.2) is 4.79 Å². The second kappa shape index (κ2) is 10.6. The largest absolute Gasteiger partial charge is 0.497 e. The molecular weight excluding hydrogens is 440 g/mol. The fourth-order valence-corrected chi connectivity index (χ4v) is 3.97. The van der Waals surface area contributed by atoms with E-state index in [-0.39, 0.29) is 6.04 Å². The first-order valence-corrected chi connectivity index (χ1v) is 11.8. The molecule has 2 heterocycles. The van der Waals surface area contributed by atoms with E-state index in [0.29, 0.717) is 19.3 Å². The Kier molecular flexibility index (Phi) is 7.39. The molecule has 0 saturated heterocycles. The van der Waals surface area contributed by atoms with Crippen LogP contribution in [0.3, 0.4) is 0 Å². The Morgan fingerprint density at radius 3 is 2.57 bits per heavy atom. The van der Waals surface area contributed by atoms with Crippen LogP contribution in [0.5, 0.6) is 5.75 Å². The summed E-state index contributed by atoms with van der Waals surface area (Å²) in [4.78, 5) is 16.7. The van der Waals surface area contributed by atoms with Crippen LogP contribution in [-0.4, -0.2) is 29.8 Å². The number of ether oxygens (including phenoxy) is 2. The van der Waals surface area contributed by atoms with Crippen molar-refractivity contribution in [3.63, 3.8) is 0 Å². The number of carbonyl (C=O) groups is 1. The maximum atomic E-state index is 12.5. The molecule has 0 fully saturated rings. The minimum absolute atomic E-state index is 0.111. The van der Waals surface area contributed by atoms with Crippen LogP contribution in [0.15, 0.2) is 77.5 Å². The van der Waals surface area contributed by atoms with Gasteiger partial charge in [0.25, 0.3) is 0 Å². The molecule has 0 spiro atoms. The van der Waals surface area contributed by atoms with E-state index < -0.39 is 11.7 Å². The summed E-state index contributed by atoms with van der Waals surface area (Å²) in [6.45, 7) is 5.58. The van der Waals surface area contributed by atoms with Gasteiger partial charge in [-0.15, -0.1) is 0 Å². The van der Waals surface area contributed by atoms with E-state index in [9.17, 15) is 4.79 Å². The Balaban J connectivity index is 1.45. The smallest absolute Gasteiger partial charge is 0.407 e. The lowest BCUT2D eigenvalue weighted by Gasteiger charge is -2.23. The molecule has 0 radical (unpaired) electrons. The summed E-state index contributed by atoms with van der Waals surface area (Å²) in [5.41, 5.74) is 1.58. The van der Waals surface area contributed by atoms with Crippen molar-refractivity contribution in [2.24, 2.45) is 0 Å². The number of benzene rings is 2. The number of methoxy groups -OCH3 is 1. The Bertz CT molecular complexity index is 1270. The van der Waals surface area contributed by atoms with E-state index >= 15 is 0 Å². The third-order valence-corrected chi connectivity index (χ3v) is 5.69. The fraction of sp³-hybridized carbons (Fsp3) is 0.310. The molecule has 0 unspecified atom stereocenters. The number of rotatable bonds is 8. The van der Waals surface area contributed by atoms with Gasteiger partial charge in [0, 0.05) is 35.8 Å². The quantitative estimate of drug-likeness (QED) is 0.314. The van der Waals surface area contributed by atoms with Gasteiger partial charge in [-0.1, -0.05) is 24.3 Å². The molecule has 6 nitrogen and oxygen atoms in total. The lowest BCUT2D eigenvalue weighted by atomic mass is 10.0. The van der Waals surface area contributed by atoms with E-state index in [4.69, 9.17) is 13.9 Å². The third kappa shape index (κ3) is 6.85. The van der Waals surface area contributed by atoms with E-state index in [0.717, 1.165) is 39.2 Å². The molecule has 1 N–H and O–H groups in total. The molecule has 182 valence electrons. The second-order valence-corrected chi connectivity index (χ2v) is 9.64. The number of hydrogen-bond acceptors (Lipinski definition) is 5. The normalized spacial score (nSPS) is 12.3. The maximum absolute atomic E-state index is 12.5. The highest BCUT2D eigenvalue weighted by molar-refractivity contribution is 5.85. The zero-order chi connectivity index (χ0) is 24.8. The lowest BCUT2D eigenvalue weighted by molar-refractivity contribution is 0.0501. The molecule has 4 rings (SSSR count). The van der Waals surface area contributed by atoms with E-state index in [1.807, 2.05) is 75.5 Å². The molecule has 2 aromatic carbocycles. The molecule has 1 amide bonds. The number of aryl methyl sites for hydroxylation is 1. The summed E-state index contributed by atoms with van der Waals surface area (Å²) in [6.07, 6.45) is 5.31. The Labute approximate surface area is 206 Å². The van der Waals surface area contributed by atoms with Gasteiger partial charge in [-0.3, -0.25) is 4.98 Å². The van der Waals surface area contributed by atoms with Crippen molar-refractivity contribution in [2.45, 2.75) is 51.7 Å². The lowest BCUT2D eigenvalue weighted by Crippen LogP contribution is -2.40. The highest BCUT2D eigenvalue weighted by Crippen LogP contribution is 2.26. The number of amides is 1.